The summed E-state index contributed by atoms with van der Waals surface area (Å²) in [6.45, 7) is 5.89. The first-order valence-corrected chi connectivity index (χ1v) is 10.7. The Hall–Kier alpha value is -2.81. The van der Waals surface area contributed by atoms with Gasteiger partial charge >= 0.3 is 0 Å². The van der Waals surface area contributed by atoms with Gasteiger partial charge in [-0.2, -0.15) is 0 Å². The van der Waals surface area contributed by atoms with Crippen LogP contribution in [0.4, 0.5) is 5.69 Å². The monoisotopic (exact) mass is 389 g/mol. The van der Waals surface area contributed by atoms with Crippen LogP contribution in [0.5, 0.6) is 11.5 Å². The van der Waals surface area contributed by atoms with Crippen LogP contribution < -0.4 is 9.47 Å². The Labute approximate surface area is 174 Å². The molecule has 0 N–H and O–H groups in total. The molecular formula is C26H31NO2. The van der Waals surface area contributed by atoms with Crippen molar-refractivity contribution >= 4 is 22.7 Å². The maximum atomic E-state index is 6.03. The molecule has 0 heterocycles. The molecule has 0 amide bonds. The molecule has 0 aliphatic carbocycles. The van der Waals surface area contributed by atoms with Crippen LogP contribution in [0, 0.1) is 0 Å². The Bertz CT molecular complexity index is 916. The molecule has 0 atom stereocenters. The van der Waals surface area contributed by atoms with E-state index < -0.39 is 0 Å². The summed E-state index contributed by atoms with van der Waals surface area (Å²) in [4.78, 5) is 4.66. The van der Waals surface area contributed by atoms with E-state index in [1.165, 1.54) is 12.8 Å². The zero-order valence-corrected chi connectivity index (χ0v) is 17.6. The smallest absolute Gasteiger partial charge is 0.127 e. The SMILES string of the molecule is CCCCCOc1ccc(C=Nc2ccc(OCCCC)cc2)c2ccccc12. The van der Waals surface area contributed by atoms with E-state index in [1.807, 2.05) is 30.5 Å². The molecule has 0 spiro atoms. The molecule has 3 heteroatoms. The first kappa shape index (κ1) is 20.9. The summed E-state index contributed by atoms with van der Waals surface area (Å²) >= 11 is 0. The van der Waals surface area contributed by atoms with E-state index in [4.69, 9.17) is 9.47 Å². The number of benzene rings is 3. The molecular weight excluding hydrogens is 358 g/mol. The summed E-state index contributed by atoms with van der Waals surface area (Å²) in [7, 11) is 0. The van der Waals surface area contributed by atoms with Gasteiger partial charge in [-0.15, -0.1) is 0 Å². The number of fused-ring (bicyclic) bond motifs is 1. The number of nitrogens with zero attached hydrogens (tertiary/aromatic N) is 1. The van der Waals surface area contributed by atoms with Gasteiger partial charge in [0.15, 0.2) is 0 Å². The van der Waals surface area contributed by atoms with E-state index in [0.717, 1.165) is 66.0 Å². The van der Waals surface area contributed by atoms with E-state index >= 15 is 0 Å². The number of unbranched alkanes of at least 4 members (excludes halogenated alkanes) is 3. The molecule has 152 valence electrons. The average molecular weight is 390 g/mol. The number of hydrogen-bond acceptors (Lipinski definition) is 3. The average Bonchev–Trinajstić information content (AvgIpc) is 2.77. The second-order valence-corrected chi connectivity index (χ2v) is 7.21. The molecule has 0 saturated heterocycles. The van der Waals surface area contributed by atoms with E-state index in [1.54, 1.807) is 0 Å². The highest BCUT2D eigenvalue weighted by atomic mass is 16.5. The highest BCUT2D eigenvalue weighted by molar-refractivity contribution is 6.02. The fourth-order valence-corrected chi connectivity index (χ4v) is 3.17. The maximum absolute atomic E-state index is 6.03. The van der Waals surface area contributed by atoms with Crippen LogP contribution in [-0.4, -0.2) is 19.4 Å². The minimum Gasteiger partial charge on any atom is -0.494 e. The number of rotatable bonds is 11. The zero-order valence-electron chi connectivity index (χ0n) is 17.6. The van der Waals surface area contributed by atoms with Gasteiger partial charge in [0.2, 0.25) is 0 Å². The van der Waals surface area contributed by atoms with Crippen molar-refractivity contribution in [2.24, 2.45) is 4.99 Å². The van der Waals surface area contributed by atoms with Gasteiger partial charge in [0.05, 0.1) is 18.9 Å². The van der Waals surface area contributed by atoms with Crippen LogP contribution in [0.1, 0.15) is 51.5 Å². The van der Waals surface area contributed by atoms with Crippen molar-refractivity contribution in [3.8, 4) is 11.5 Å². The Kier molecular flexibility index (Phi) is 8.12. The summed E-state index contributed by atoms with van der Waals surface area (Å²) in [5.74, 6) is 1.84. The number of aliphatic imine (C=N–C) groups is 1. The second kappa shape index (κ2) is 11.3. The Morgan fingerprint density at radius 3 is 2.21 bits per heavy atom. The molecule has 3 nitrogen and oxygen atoms in total. The van der Waals surface area contributed by atoms with Crippen LogP contribution in [0.15, 0.2) is 65.7 Å². The number of hydrogen-bond donors (Lipinski definition) is 0. The van der Waals surface area contributed by atoms with Crippen molar-refractivity contribution in [1.29, 1.82) is 0 Å². The van der Waals surface area contributed by atoms with Gasteiger partial charge in [0.1, 0.15) is 11.5 Å². The van der Waals surface area contributed by atoms with Crippen LogP contribution in [0.3, 0.4) is 0 Å². The van der Waals surface area contributed by atoms with Gasteiger partial charge in [-0.25, -0.2) is 0 Å². The first-order chi connectivity index (χ1) is 14.3. The van der Waals surface area contributed by atoms with Crippen molar-refractivity contribution in [1.82, 2.24) is 0 Å². The topological polar surface area (TPSA) is 30.8 Å². The zero-order chi connectivity index (χ0) is 20.3. The lowest BCUT2D eigenvalue weighted by atomic mass is 10.0. The Morgan fingerprint density at radius 2 is 1.45 bits per heavy atom. The summed E-state index contributed by atoms with van der Waals surface area (Å²) in [5, 5.41) is 2.29. The van der Waals surface area contributed by atoms with Crippen molar-refractivity contribution in [2.75, 3.05) is 13.2 Å². The summed E-state index contributed by atoms with van der Waals surface area (Å²) < 4.78 is 11.8. The van der Waals surface area contributed by atoms with E-state index in [9.17, 15) is 0 Å². The third-order valence-electron chi connectivity index (χ3n) is 4.88. The van der Waals surface area contributed by atoms with Crippen molar-refractivity contribution in [3.63, 3.8) is 0 Å². The highest BCUT2D eigenvalue weighted by Crippen LogP contribution is 2.28. The molecule has 3 aromatic rings. The summed E-state index contributed by atoms with van der Waals surface area (Å²) in [6.07, 6.45) is 7.63. The third kappa shape index (κ3) is 6.08. The molecule has 0 saturated carbocycles. The van der Waals surface area contributed by atoms with E-state index in [0.29, 0.717) is 0 Å². The minimum absolute atomic E-state index is 0.762. The maximum Gasteiger partial charge on any atom is 0.127 e. The van der Waals surface area contributed by atoms with E-state index in [-0.39, 0.29) is 0 Å². The normalized spacial score (nSPS) is 11.2. The molecule has 0 bridgehead atoms. The first-order valence-electron chi connectivity index (χ1n) is 10.7. The van der Waals surface area contributed by atoms with Gasteiger partial charge in [0, 0.05) is 17.2 Å². The minimum atomic E-state index is 0.762. The molecule has 0 aromatic heterocycles. The van der Waals surface area contributed by atoms with Gasteiger partial charge in [-0.05, 0) is 54.6 Å². The van der Waals surface area contributed by atoms with Gasteiger partial charge in [-0.1, -0.05) is 57.4 Å². The van der Waals surface area contributed by atoms with Crippen molar-refractivity contribution in [2.45, 2.75) is 46.0 Å². The fourth-order valence-electron chi connectivity index (χ4n) is 3.17. The quantitative estimate of drug-likeness (QED) is 0.254. The molecule has 0 aliphatic rings. The fraction of sp³-hybridized carbons (Fsp3) is 0.346. The second-order valence-electron chi connectivity index (χ2n) is 7.21. The standard InChI is InChI=1S/C26H31NO2/c1-3-5-9-19-29-26-17-12-21(24-10-7-8-11-25(24)26)20-27-22-13-15-23(16-14-22)28-18-6-4-2/h7-8,10-17,20H,3-6,9,18-19H2,1-2H3. The summed E-state index contributed by atoms with van der Waals surface area (Å²) in [5.41, 5.74) is 2.00. The Balaban J connectivity index is 1.73. The van der Waals surface area contributed by atoms with Crippen molar-refractivity contribution < 1.29 is 9.47 Å². The lowest BCUT2D eigenvalue weighted by Crippen LogP contribution is -1.98. The summed E-state index contributed by atoms with van der Waals surface area (Å²) in [6, 6.07) is 20.4. The molecule has 29 heavy (non-hydrogen) atoms. The Morgan fingerprint density at radius 1 is 0.724 bits per heavy atom. The molecule has 0 fully saturated rings. The molecule has 3 aromatic carbocycles. The molecule has 0 unspecified atom stereocenters. The highest BCUT2D eigenvalue weighted by Gasteiger charge is 2.05. The van der Waals surface area contributed by atoms with E-state index in [2.05, 4.69) is 55.2 Å². The van der Waals surface area contributed by atoms with Crippen LogP contribution >= 0.6 is 0 Å². The van der Waals surface area contributed by atoms with Gasteiger partial charge in [0.25, 0.3) is 0 Å². The van der Waals surface area contributed by atoms with Gasteiger partial charge < -0.3 is 9.47 Å². The van der Waals surface area contributed by atoms with Crippen LogP contribution in [0.25, 0.3) is 10.8 Å². The van der Waals surface area contributed by atoms with Gasteiger partial charge in [-0.3, -0.25) is 4.99 Å². The molecule has 3 rings (SSSR count). The van der Waals surface area contributed by atoms with Crippen LogP contribution in [-0.2, 0) is 0 Å². The predicted octanol–water partition coefficient (Wildman–Crippen LogP) is 7.34. The molecule has 0 radical (unpaired) electrons. The lowest BCUT2D eigenvalue weighted by Gasteiger charge is -2.11. The van der Waals surface area contributed by atoms with Crippen molar-refractivity contribution in [3.05, 3.63) is 66.2 Å². The third-order valence-corrected chi connectivity index (χ3v) is 4.88. The number of ether oxygens (including phenoxy) is 2. The molecule has 0 aliphatic heterocycles. The lowest BCUT2D eigenvalue weighted by molar-refractivity contribution is 0.309. The predicted molar refractivity (Wildman–Crippen MR) is 123 cm³/mol. The largest absolute Gasteiger partial charge is 0.494 e. The van der Waals surface area contributed by atoms with Crippen LogP contribution in [0.2, 0.25) is 0 Å².